The number of terminal acetylenes is 1. The lowest BCUT2D eigenvalue weighted by atomic mass is 10.2. The highest BCUT2D eigenvalue weighted by molar-refractivity contribution is 5.94. The monoisotopic (exact) mass is 377 g/mol. The maximum atomic E-state index is 12.0. The van der Waals surface area contributed by atoms with Crippen LogP contribution in [0.5, 0.6) is 0 Å². The van der Waals surface area contributed by atoms with Gasteiger partial charge >= 0.3 is 0 Å². The van der Waals surface area contributed by atoms with Crippen molar-refractivity contribution in [2.75, 3.05) is 17.6 Å². The van der Waals surface area contributed by atoms with Crippen molar-refractivity contribution in [3.63, 3.8) is 0 Å². The number of hydrogen-bond acceptors (Lipinski definition) is 7. The molecule has 0 bridgehead atoms. The van der Waals surface area contributed by atoms with E-state index in [1.54, 1.807) is 24.3 Å². The van der Waals surface area contributed by atoms with Gasteiger partial charge in [0.25, 0.3) is 11.5 Å². The normalized spacial score (nSPS) is 10.4. The Morgan fingerprint density at radius 3 is 2.79 bits per heavy atom. The molecule has 0 fully saturated rings. The second-order valence-electron chi connectivity index (χ2n) is 5.98. The summed E-state index contributed by atoms with van der Waals surface area (Å²) < 4.78 is 0. The van der Waals surface area contributed by atoms with Crippen LogP contribution >= 0.6 is 0 Å². The standard InChI is InChI=1S/C19H19N7O2/c1-2-3-4-9-21-17(27)12-5-7-13(8-6-12)22-10-14-11-23-16-15(24-14)18(28)26-19(20)25-16/h1,5-8,11,22H,3-4,9-10H2,(H,21,27)(H3,20,23,25,26,28). The van der Waals surface area contributed by atoms with Gasteiger partial charge in [0.15, 0.2) is 11.2 Å². The van der Waals surface area contributed by atoms with E-state index in [4.69, 9.17) is 12.2 Å². The first-order chi connectivity index (χ1) is 13.6. The summed E-state index contributed by atoms with van der Waals surface area (Å²) in [4.78, 5) is 38.6. The molecule has 2 aromatic heterocycles. The van der Waals surface area contributed by atoms with Gasteiger partial charge in [-0.15, -0.1) is 12.3 Å². The number of anilines is 2. The Hall–Kier alpha value is -3.93. The van der Waals surface area contributed by atoms with Crippen molar-refractivity contribution in [2.24, 2.45) is 0 Å². The molecule has 0 radical (unpaired) electrons. The number of aromatic nitrogens is 4. The number of nitrogens with zero attached hydrogens (tertiary/aromatic N) is 3. The summed E-state index contributed by atoms with van der Waals surface area (Å²) in [5.74, 6) is 2.39. The maximum Gasteiger partial charge on any atom is 0.280 e. The van der Waals surface area contributed by atoms with Gasteiger partial charge < -0.3 is 16.4 Å². The molecule has 0 aliphatic carbocycles. The average Bonchev–Trinajstić information content (AvgIpc) is 2.70. The Morgan fingerprint density at radius 1 is 1.25 bits per heavy atom. The number of aromatic amines is 1. The quantitative estimate of drug-likeness (QED) is 0.356. The van der Waals surface area contributed by atoms with Crippen LogP contribution in [0.15, 0.2) is 35.3 Å². The van der Waals surface area contributed by atoms with E-state index in [9.17, 15) is 9.59 Å². The van der Waals surface area contributed by atoms with Gasteiger partial charge in [-0.1, -0.05) is 0 Å². The van der Waals surface area contributed by atoms with E-state index in [-0.39, 0.29) is 23.0 Å². The van der Waals surface area contributed by atoms with Gasteiger partial charge in [0, 0.05) is 24.2 Å². The highest BCUT2D eigenvalue weighted by Crippen LogP contribution is 2.11. The number of benzene rings is 1. The number of hydrogen-bond donors (Lipinski definition) is 4. The van der Waals surface area contributed by atoms with Gasteiger partial charge in [0.2, 0.25) is 5.95 Å². The zero-order valence-electron chi connectivity index (χ0n) is 15.0. The van der Waals surface area contributed by atoms with E-state index in [1.165, 1.54) is 6.20 Å². The molecular weight excluding hydrogens is 358 g/mol. The lowest BCUT2D eigenvalue weighted by molar-refractivity contribution is 0.0953. The van der Waals surface area contributed by atoms with Crippen molar-refractivity contribution < 1.29 is 4.79 Å². The third-order valence-corrected chi connectivity index (χ3v) is 3.89. The molecule has 0 saturated heterocycles. The Labute approximate surface area is 160 Å². The van der Waals surface area contributed by atoms with Gasteiger partial charge in [-0.2, -0.15) is 4.98 Å². The van der Waals surface area contributed by atoms with E-state index >= 15 is 0 Å². The minimum Gasteiger partial charge on any atom is -0.379 e. The Bertz CT molecular complexity index is 1080. The van der Waals surface area contributed by atoms with Crippen LogP contribution in [0.3, 0.4) is 0 Å². The van der Waals surface area contributed by atoms with Crippen LogP contribution in [0.25, 0.3) is 11.2 Å². The fourth-order valence-electron chi connectivity index (χ4n) is 2.48. The molecule has 9 heteroatoms. The number of amides is 1. The molecule has 3 rings (SSSR count). The van der Waals surface area contributed by atoms with Crippen molar-refractivity contribution in [3.8, 4) is 12.3 Å². The fourth-order valence-corrected chi connectivity index (χ4v) is 2.48. The molecule has 1 aromatic carbocycles. The van der Waals surface area contributed by atoms with Crippen molar-refractivity contribution in [1.29, 1.82) is 0 Å². The van der Waals surface area contributed by atoms with Crippen LogP contribution in [-0.2, 0) is 6.54 Å². The number of rotatable bonds is 7. The number of nitrogen functional groups attached to an aromatic ring is 1. The number of unbranched alkanes of at least 4 members (excludes halogenated alkanes) is 1. The molecule has 2 heterocycles. The topological polar surface area (TPSA) is 139 Å². The van der Waals surface area contributed by atoms with Crippen LogP contribution in [0, 0.1) is 12.3 Å². The summed E-state index contributed by atoms with van der Waals surface area (Å²) in [6, 6.07) is 7.03. The molecule has 5 N–H and O–H groups in total. The van der Waals surface area contributed by atoms with Gasteiger partial charge in [-0.25, -0.2) is 9.97 Å². The number of carbonyl (C=O) groups excluding carboxylic acids is 1. The number of H-pyrrole nitrogens is 1. The van der Waals surface area contributed by atoms with Crippen molar-refractivity contribution in [2.45, 2.75) is 19.4 Å². The van der Waals surface area contributed by atoms with Crippen molar-refractivity contribution >= 4 is 28.7 Å². The first-order valence-electron chi connectivity index (χ1n) is 8.64. The average molecular weight is 377 g/mol. The molecule has 0 saturated carbocycles. The predicted octanol–water partition coefficient (Wildman–Crippen LogP) is 1.05. The number of fused-ring (bicyclic) bond motifs is 1. The maximum absolute atomic E-state index is 12.0. The molecule has 9 nitrogen and oxygen atoms in total. The van der Waals surface area contributed by atoms with Crippen LogP contribution in [0.2, 0.25) is 0 Å². The molecule has 0 atom stereocenters. The molecule has 28 heavy (non-hydrogen) atoms. The molecule has 0 aliphatic rings. The summed E-state index contributed by atoms with van der Waals surface area (Å²) in [6.07, 6.45) is 8.09. The number of nitrogens with one attached hydrogen (secondary N) is 3. The summed E-state index contributed by atoms with van der Waals surface area (Å²) in [6.45, 7) is 0.897. The van der Waals surface area contributed by atoms with E-state index < -0.39 is 5.56 Å². The first-order valence-corrected chi connectivity index (χ1v) is 8.64. The molecule has 1 amide bonds. The number of carbonyl (C=O) groups is 1. The van der Waals surface area contributed by atoms with Crippen molar-refractivity contribution in [1.82, 2.24) is 25.3 Å². The molecule has 0 spiro atoms. The predicted molar refractivity (Wildman–Crippen MR) is 107 cm³/mol. The van der Waals surface area contributed by atoms with Crippen LogP contribution in [0.4, 0.5) is 11.6 Å². The second-order valence-corrected chi connectivity index (χ2v) is 5.98. The van der Waals surface area contributed by atoms with Crippen LogP contribution in [0.1, 0.15) is 28.9 Å². The van der Waals surface area contributed by atoms with Crippen molar-refractivity contribution in [3.05, 3.63) is 52.1 Å². The summed E-state index contributed by atoms with van der Waals surface area (Å²) >= 11 is 0. The van der Waals surface area contributed by atoms with Gasteiger partial charge in [-0.05, 0) is 30.7 Å². The van der Waals surface area contributed by atoms with E-state index in [0.717, 1.165) is 12.1 Å². The largest absolute Gasteiger partial charge is 0.379 e. The summed E-state index contributed by atoms with van der Waals surface area (Å²) in [7, 11) is 0. The third kappa shape index (κ3) is 4.62. The molecule has 0 unspecified atom stereocenters. The van der Waals surface area contributed by atoms with E-state index in [1.807, 2.05) is 0 Å². The van der Waals surface area contributed by atoms with E-state index in [2.05, 4.69) is 36.5 Å². The fraction of sp³-hybridized carbons (Fsp3) is 0.211. The molecular formula is C19H19N7O2. The summed E-state index contributed by atoms with van der Waals surface area (Å²) in [5, 5.41) is 5.99. The zero-order chi connectivity index (χ0) is 19.9. The first kappa shape index (κ1) is 18.8. The smallest absolute Gasteiger partial charge is 0.280 e. The minimum atomic E-state index is -0.436. The Kier molecular flexibility index (Phi) is 5.81. The highest BCUT2D eigenvalue weighted by Gasteiger charge is 2.07. The summed E-state index contributed by atoms with van der Waals surface area (Å²) in [5.41, 5.74) is 7.31. The van der Waals surface area contributed by atoms with Gasteiger partial charge in [-0.3, -0.25) is 14.6 Å². The molecule has 0 aliphatic heterocycles. The Balaban J connectivity index is 1.60. The van der Waals surface area contributed by atoms with Gasteiger partial charge in [0.05, 0.1) is 18.4 Å². The van der Waals surface area contributed by atoms with E-state index in [0.29, 0.717) is 30.8 Å². The second kappa shape index (κ2) is 8.64. The Morgan fingerprint density at radius 2 is 2.04 bits per heavy atom. The SMILES string of the molecule is C#CCCCNC(=O)c1ccc(NCc2cnc3nc(N)[nH]c(=O)c3n2)cc1. The highest BCUT2D eigenvalue weighted by atomic mass is 16.1. The number of nitrogens with two attached hydrogens (primary N) is 1. The van der Waals surface area contributed by atoms with Crippen LogP contribution < -0.4 is 21.9 Å². The van der Waals surface area contributed by atoms with Gasteiger partial charge in [0.1, 0.15) is 0 Å². The molecule has 142 valence electrons. The lowest BCUT2D eigenvalue weighted by Crippen LogP contribution is -2.24. The molecule has 3 aromatic rings. The third-order valence-electron chi connectivity index (χ3n) is 3.89. The lowest BCUT2D eigenvalue weighted by Gasteiger charge is -2.08. The van der Waals surface area contributed by atoms with Crippen LogP contribution in [-0.4, -0.2) is 32.4 Å². The minimum absolute atomic E-state index is 0.00199. The zero-order valence-corrected chi connectivity index (χ0v) is 15.0.